The van der Waals surface area contributed by atoms with Crippen LogP contribution >= 0.6 is 0 Å². The van der Waals surface area contributed by atoms with Gasteiger partial charge in [-0.15, -0.1) is 0 Å². The molecule has 0 atom stereocenters. The van der Waals surface area contributed by atoms with E-state index >= 15 is 0 Å². The second-order valence-corrected chi connectivity index (χ2v) is 3.45. The molecule has 0 N–H and O–H groups in total. The summed E-state index contributed by atoms with van der Waals surface area (Å²) in [5, 5.41) is 0. The van der Waals surface area contributed by atoms with Crippen molar-refractivity contribution in [3.05, 3.63) is 43.3 Å². The van der Waals surface area contributed by atoms with Gasteiger partial charge in [0.1, 0.15) is 0 Å². The van der Waals surface area contributed by atoms with Crippen molar-refractivity contribution < 1.29 is 53.8 Å². The molecule has 1 rings (SSSR count). The fraction of sp³-hybridized carbons (Fsp3) is 0.364. The van der Waals surface area contributed by atoms with Crippen molar-refractivity contribution in [1.29, 1.82) is 0 Å². The first-order chi connectivity index (χ1) is 4.61. The van der Waals surface area contributed by atoms with Gasteiger partial charge < -0.3 is 25.6 Å². The Labute approximate surface area is 122 Å². The Kier molecular flexibility index (Phi) is 12.5. The van der Waals surface area contributed by atoms with E-state index in [1.807, 2.05) is 12.1 Å². The standard InChI is InChI=1S/C10H12.CH3.W.Y/c1-10(2,3)9-7-5-4-6-8-9;;;/h5-7H,1-3H3;1H3;;/q-2;-1;;. The Morgan fingerprint density at radius 2 is 1.77 bits per heavy atom. The average molecular weight is 420 g/mol. The van der Waals surface area contributed by atoms with Crippen molar-refractivity contribution >= 4 is 0 Å². The van der Waals surface area contributed by atoms with Gasteiger partial charge in [0.15, 0.2) is 0 Å². The van der Waals surface area contributed by atoms with E-state index in [2.05, 4.69) is 39.0 Å². The molecule has 0 aliphatic heterocycles. The molecule has 1 aromatic carbocycles. The molecule has 2 heteroatoms. The zero-order valence-electron chi connectivity index (χ0n) is 8.72. The number of benzene rings is 1. The average Bonchev–Trinajstić information content (AvgIpc) is 1.88. The molecule has 0 fully saturated rings. The summed E-state index contributed by atoms with van der Waals surface area (Å²) in [6.45, 7) is 6.54. The van der Waals surface area contributed by atoms with Gasteiger partial charge in [-0.3, -0.25) is 17.7 Å². The first-order valence-corrected chi connectivity index (χ1v) is 3.49. The van der Waals surface area contributed by atoms with Gasteiger partial charge in [-0.05, 0) is 0 Å². The Hall–Kier alpha value is 1.01. The van der Waals surface area contributed by atoms with E-state index in [-0.39, 0.29) is 66.6 Å². The van der Waals surface area contributed by atoms with Crippen LogP contribution in [0.5, 0.6) is 0 Å². The third kappa shape index (κ3) is 7.00. The quantitative estimate of drug-likeness (QED) is 0.567. The van der Waals surface area contributed by atoms with Gasteiger partial charge in [0, 0.05) is 53.8 Å². The van der Waals surface area contributed by atoms with Crippen LogP contribution in [0, 0.1) is 19.6 Å². The summed E-state index contributed by atoms with van der Waals surface area (Å²) in [6.07, 6.45) is 0. The second kappa shape index (κ2) is 8.33. The molecule has 1 aromatic rings. The van der Waals surface area contributed by atoms with Crippen molar-refractivity contribution in [1.82, 2.24) is 0 Å². The van der Waals surface area contributed by atoms with E-state index in [9.17, 15) is 0 Å². The molecule has 0 bridgehead atoms. The first kappa shape index (κ1) is 19.6. The van der Waals surface area contributed by atoms with Gasteiger partial charge >= 0.3 is 0 Å². The van der Waals surface area contributed by atoms with E-state index in [4.69, 9.17) is 0 Å². The summed E-state index contributed by atoms with van der Waals surface area (Å²) < 4.78 is 0. The van der Waals surface area contributed by atoms with Gasteiger partial charge in [0.05, 0.1) is 0 Å². The minimum atomic E-state index is 0. The summed E-state index contributed by atoms with van der Waals surface area (Å²) >= 11 is 0. The minimum absolute atomic E-state index is 0. The van der Waals surface area contributed by atoms with Crippen LogP contribution in [-0.4, -0.2) is 0 Å². The van der Waals surface area contributed by atoms with Crippen LogP contribution in [0.1, 0.15) is 26.3 Å². The Morgan fingerprint density at radius 1 is 1.23 bits per heavy atom. The van der Waals surface area contributed by atoms with Crippen molar-refractivity contribution in [3.8, 4) is 0 Å². The largest absolute Gasteiger partial charge is 0.359 e. The zero-order valence-corrected chi connectivity index (χ0v) is 14.5. The van der Waals surface area contributed by atoms with Gasteiger partial charge in [0.25, 0.3) is 0 Å². The summed E-state index contributed by atoms with van der Waals surface area (Å²) in [5.74, 6) is 0. The van der Waals surface area contributed by atoms with E-state index < -0.39 is 0 Å². The predicted molar refractivity (Wildman–Crippen MR) is 49.2 cm³/mol. The SMILES string of the molecule is CC(C)(C)c1[c-]c[c-]cc1.[CH3-].[W].[Y]. The van der Waals surface area contributed by atoms with Crippen molar-refractivity contribution in [2.75, 3.05) is 0 Å². The normalized spacial score (nSPS) is 8.85. The molecule has 0 aliphatic carbocycles. The Bertz CT molecular complexity index is 201. The van der Waals surface area contributed by atoms with Gasteiger partial charge in [0.2, 0.25) is 0 Å². The van der Waals surface area contributed by atoms with Gasteiger partial charge in [-0.25, -0.2) is 0 Å². The van der Waals surface area contributed by atoms with Crippen LogP contribution in [0.25, 0.3) is 0 Å². The molecular formula is C11H15WY-3. The topological polar surface area (TPSA) is 0 Å². The van der Waals surface area contributed by atoms with Gasteiger partial charge in [-0.2, -0.15) is 0 Å². The van der Waals surface area contributed by atoms with Crippen LogP contribution < -0.4 is 0 Å². The molecule has 1 radical (unpaired) electrons. The molecule has 0 saturated carbocycles. The second-order valence-electron chi connectivity index (χ2n) is 3.45. The molecule has 13 heavy (non-hydrogen) atoms. The maximum Gasteiger partial charge on any atom is 0 e. The smallest absolute Gasteiger partial charge is 0 e. The molecular weight excluding hydrogens is 405 g/mol. The molecule has 0 aromatic heterocycles. The summed E-state index contributed by atoms with van der Waals surface area (Å²) in [4.78, 5) is 0. The fourth-order valence-electron chi connectivity index (χ4n) is 0.814. The molecule has 0 amide bonds. The molecule has 71 valence electrons. The Morgan fingerprint density at radius 3 is 2.00 bits per heavy atom. The summed E-state index contributed by atoms with van der Waals surface area (Å²) in [6, 6.07) is 11.9. The molecule has 0 saturated heterocycles. The first-order valence-electron chi connectivity index (χ1n) is 3.49. The van der Waals surface area contributed by atoms with Gasteiger partial charge in [-0.1, -0.05) is 26.2 Å². The molecule has 0 unspecified atom stereocenters. The maximum atomic E-state index is 3.15. The fourth-order valence-corrected chi connectivity index (χ4v) is 0.814. The van der Waals surface area contributed by atoms with Crippen LogP contribution in [0.4, 0.5) is 0 Å². The van der Waals surface area contributed by atoms with Crippen LogP contribution in [-0.2, 0) is 59.2 Å². The van der Waals surface area contributed by atoms with E-state index in [0.29, 0.717) is 0 Å². The van der Waals surface area contributed by atoms with E-state index in [1.165, 1.54) is 5.56 Å². The Balaban J connectivity index is -0.000000333. The molecule has 0 aliphatic rings. The number of rotatable bonds is 0. The minimum Gasteiger partial charge on any atom is -0.359 e. The molecule has 0 spiro atoms. The predicted octanol–water partition coefficient (Wildman–Crippen LogP) is 3.03. The third-order valence-electron chi connectivity index (χ3n) is 1.47. The third-order valence-corrected chi connectivity index (χ3v) is 1.47. The van der Waals surface area contributed by atoms with Crippen molar-refractivity contribution in [2.45, 2.75) is 26.2 Å². The van der Waals surface area contributed by atoms with Crippen LogP contribution in [0.15, 0.2) is 18.2 Å². The van der Waals surface area contributed by atoms with Crippen molar-refractivity contribution in [2.24, 2.45) is 0 Å². The molecule has 0 nitrogen and oxygen atoms in total. The van der Waals surface area contributed by atoms with E-state index in [1.54, 1.807) is 0 Å². The van der Waals surface area contributed by atoms with Crippen molar-refractivity contribution in [3.63, 3.8) is 0 Å². The van der Waals surface area contributed by atoms with Crippen LogP contribution in [0.2, 0.25) is 0 Å². The summed E-state index contributed by atoms with van der Waals surface area (Å²) in [5.41, 5.74) is 1.46. The molecule has 0 heterocycles. The summed E-state index contributed by atoms with van der Waals surface area (Å²) in [7, 11) is 0. The van der Waals surface area contributed by atoms with E-state index in [0.717, 1.165) is 0 Å². The number of hydrogen-bond donors (Lipinski definition) is 0. The number of hydrogen-bond acceptors (Lipinski definition) is 0. The monoisotopic (exact) mass is 420 g/mol. The van der Waals surface area contributed by atoms with Crippen LogP contribution in [0.3, 0.4) is 0 Å². The maximum absolute atomic E-state index is 3.15. The zero-order chi connectivity index (χ0) is 7.61.